The Balaban J connectivity index is 1.91. The van der Waals surface area contributed by atoms with E-state index in [9.17, 15) is 14.4 Å². The third-order valence-corrected chi connectivity index (χ3v) is 4.83. The van der Waals surface area contributed by atoms with Gasteiger partial charge >= 0.3 is 0 Å². The minimum absolute atomic E-state index is 0.0909. The van der Waals surface area contributed by atoms with Crippen LogP contribution in [0.15, 0.2) is 30.5 Å². The van der Waals surface area contributed by atoms with Gasteiger partial charge in [0.05, 0.1) is 18.0 Å². The Morgan fingerprint density at radius 2 is 2.17 bits per heavy atom. The maximum atomic E-state index is 13.0. The highest BCUT2D eigenvalue weighted by atomic mass is 32.2. The Morgan fingerprint density at radius 3 is 2.83 bits per heavy atom. The smallest absolute Gasteiger partial charge is 0.254 e. The lowest BCUT2D eigenvalue weighted by atomic mass is 10.1. The number of nitrogens with two attached hydrogens (primary N) is 1. The second-order valence-corrected chi connectivity index (χ2v) is 6.28. The molecule has 0 bridgehead atoms. The first kappa shape index (κ1) is 15.4. The molecule has 1 aromatic carbocycles. The zero-order chi connectivity index (χ0) is 16.4. The molecule has 1 amide bonds. The molecule has 1 aliphatic heterocycles. The summed E-state index contributed by atoms with van der Waals surface area (Å²) in [6, 6.07) is 7.88. The molecule has 0 aliphatic carbocycles. The van der Waals surface area contributed by atoms with Crippen LogP contribution in [0.2, 0.25) is 0 Å². The highest BCUT2D eigenvalue weighted by Gasteiger charge is 2.31. The lowest BCUT2D eigenvalue weighted by Gasteiger charge is -2.12. The summed E-state index contributed by atoms with van der Waals surface area (Å²) < 4.78 is 14.6. The molecule has 0 spiro atoms. The number of benzene rings is 1. The number of amides is 1. The normalized spacial score (nSPS) is 20.2. The monoisotopic (exact) mass is 331 g/mol. The topological polar surface area (TPSA) is 96.7 Å². The minimum atomic E-state index is -0.611. The third-order valence-electron chi connectivity index (χ3n) is 3.66. The van der Waals surface area contributed by atoms with Gasteiger partial charge in [-0.1, -0.05) is 0 Å². The van der Waals surface area contributed by atoms with Gasteiger partial charge in [0.1, 0.15) is 11.4 Å². The van der Waals surface area contributed by atoms with Crippen molar-refractivity contribution in [1.29, 1.82) is 5.26 Å². The fraction of sp³-hybridized carbons (Fsp3) is 0.267. The van der Waals surface area contributed by atoms with Gasteiger partial charge in [0.25, 0.3) is 5.91 Å². The highest BCUT2D eigenvalue weighted by Crippen LogP contribution is 2.34. The first-order valence-corrected chi connectivity index (χ1v) is 8.13. The predicted octanol–water partition coefficient (Wildman–Crippen LogP) is 2.29. The van der Waals surface area contributed by atoms with Crippen LogP contribution >= 0.6 is 11.8 Å². The summed E-state index contributed by atoms with van der Waals surface area (Å²) in [5.41, 5.74) is 6.24. The number of hydrogen-bond acceptors (Lipinski definition) is 5. The summed E-state index contributed by atoms with van der Waals surface area (Å²) in [5, 5.41) is 16.5. The van der Waals surface area contributed by atoms with Crippen LogP contribution in [0.25, 0.3) is 0 Å². The number of thioether (sulfide) groups is 1. The van der Waals surface area contributed by atoms with E-state index in [2.05, 4.69) is 16.5 Å². The average Bonchev–Trinajstić information content (AvgIpc) is 3.15. The molecule has 0 unspecified atom stereocenters. The maximum absolute atomic E-state index is 13.0. The lowest BCUT2D eigenvalue weighted by molar-refractivity contribution is 0.100. The molecule has 2 aromatic rings. The van der Waals surface area contributed by atoms with Gasteiger partial charge in [-0.2, -0.15) is 22.1 Å². The molecule has 0 saturated carbocycles. The summed E-state index contributed by atoms with van der Waals surface area (Å²) >= 11 is 1.68. The van der Waals surface area contributed by atoms with Crippen molar-refractivity contribution in [3.05, 3.63) is 41.8 Å². The minimum Gasteiger partial charge on any atom is -0.365 e. The number of nitrogens with one attached hydrogen (secondary N) is 1. The van der Waals surface area contributed by atoms with E-state index in [1.807, 2.05) is 0 Å². The number of nitriles is 1. The van der Waals surface area contributed by atoms with Crippen LogP contribution < -0.4 is 11.1 Å². The zero-order valence-electron chi connectivity index (χ0n) is 12.1. The summed E-state index contributed by atoms with van der Waals surface area (Å²) in [6.07, 6.45) is 1.56. The number of rotatable bonds is 4. The van der Waals surface area contributed by atoms with Crippen molar-refractivity contribution >= 4 is 29.2 Å². The molecule has 23 heavy (non-hydrogen) atoms. The van der Waals surface area contributed by atoms with Crippen molar-refractivity contribution in [3.8, 4) is 6.07 Å². The first-order chi connectivity index (χ1) is 11.1. The van der Waals surface area contributed by atoms with Crippen LogP contribution in [-0.2, 0) is 0 Å². The molecule has 2 heterocycles. The third kappa shape index (κ3) is 3.14. The average molecular weight is 331 g/mol. The van der Waals surface area contributed by atoms with E-state index in [4.69, 9.17) is 5.73 Å². The molecule has 3 N–H and O–H groups in total. The van der Waals surface area contributed by atoms with Crippen molar-refractivity contribution in [2.75, 3.05) is 16.8 Å². The van der Waals surface area contributed by atoms with Gasteiger partial charge in [-0.3, -0.25) is 9.48 Å². The van der Waals surface area contributed by atoms with E-state index in [1.165, 1.54) is 12.1 Å². The first-order valence-electron chi connectivity index (χ1n) is 6.97. The molecule has 0 radical (unpaired) electrons. The van der Waals surface area contributed by atoms with Crippen molar-refractivity contribution in [2.45, 2.75) is 6.04 Å². The van der Waals surface area contributed by atoms with Gasteiger partial charge in [-0.25, -0.2) is 4.39 Å². The Bertz CT molecular complexity index is 767. The van der Waals surface area contributed by atoms with Crippen LogP contribution in [-0.4, -0.2) is 27.2 Å². The van der Waals surface area contributed by atoms with Crippen molar-refractivity contribution in [3.63, 3.8) is 0 Å². The van der Waals surface area contributed by atoms with Crippen molar-refractivity contribution in [1.82, 2.24) is 9.78 Å². The summed E-state index contributed by atoms with van der Waals surface area (Å²) in [6.45, 7) is 0. The summed E-state index contributed by atoms with van der Waals surface area (Å²) in [4.78, 5) is 11.6. The van der Waals surface area contributed by atoms with Crippen LogP contribution in [0.4, 0.5) is 15.9 Å². The SMILES string of the molecule is N#C[C@H]1CSC[C@H]1n1cc(C(N)=O)c(Nc2ccc(F)cc2)n1. The van der Waals surface area contributed by atoms with Crippen LogP contribution in [0, 0.1) is 23.1 Å². The summed E-state index contributed by atoms with van der Waals surface area (Å²) in [7, 11) is 0. The molecule has 1 saturated heterocycles. The van der Waals surface area contributed by atoms with Gasteiger partial charge in [0.2, 0.25) is 0 Å². The Morgan fingerprint density at radius 1 is 1.43 bits per heavy atom. The Kier molecular flexibility index (Phi) is 4.21. The number of nitrogens with zero attached hydrogens (tertiary/aromatic N) is 3. The van der Waals surface area contributed by atoms with Gasteiger partial charge in [0.15, 0.2) is 5.82 Å². The van der Waals surface area contributed by atoms with Gasteiger partial charge in [-0.15, -0.1) is 0 Å². The van der Waals surface area contributed by atoms with E-state index in [0.29, 0.717) is 11.5 Å². The quantitative estimate of drug-likeness (QED) is 0.896. The van der Waals surface area contributed by atoms with Crippen LogP contribution in [0.3, 0.4) is 0 Å². The van der Waals surface area contributed by atoms with Crippen molar-refractivity contribution in [2.24, 2.45) is 11.7 Å². The summed E-state index contributed by atoms with van der Waals surface area (Å²) in [5.74, 6) is 0.690. The molecular weight excluding hydrogens is 317 g/mol. The van der Waals surface area contributed by atoms with E-state index < -0.39 is 5.91 Å². The number of aromatic nitrogens is 2. The number of halogens is 1. The second-order valence-electron chi connectivity index (χ2n) is 5.21. The highest BCUT2D eigenvalue weighted by molar-refractivity contribution is 7.99. The second kappa shape index (κ2) is 6.30. The standard InChI is InChI=1S/C15H14FN5OS/c16-10-1-3-11(4-2-10)19-15-12(14(18)22)6-21(20-15)13-8-23-7-9(13)5-17/h1-4,6,9,13H,7-8H2,(H2,18,22)(H,19,20)/t9-,13+/m0/s1. The molecule has 1 aromatic heterocycles. The van der Waals surface area contributed by atoms with E-state index in [-0.39, 0.29) is 23.3 Å². The van der Waals surface area contributed by atoms with Gasteiger partial charge in [-0.05, 0) is 24.3 Å². The van der Waals surface area contributed by atoms with E-state index in [1.54, 1.807) is 34.8 Å². The van der Waals surface area contributed by atoms with E-state index >= 15 is 0 Å². The molecular formula is C15H14FN5OS. The number of primary amides is 1. The Hall–Kier alpha value is -2.53. The van der Waals surface area contributed by atoms with Crippen LogP contribution in [0.5, 0.6) is 0 Å². The molecule has 1 fully saturated rings. The van der Waals surface area contributed by atoms with E-state index in [0.717, 1.165) is 11.5 Å². The molecule has 3 rings (SSSR count). The fourth-order valence-electron chi connectivity index (χ4n) is 2.43. The largest absolute Gasteiger partial charge is 0.365 e. The Labute approximate surface area is 136 Å². The number of carbonyl (C=O) groups excluding carboxylic acids is 1. The molecule has 8 heteroatoms. The number of hydrogen-bond donors (Lipinski definition) is 2. The lowest BCUT2D eigenvalue weighted by Crippen LogP contribution is -2.17. The zero-order valence-corrected chi connectivity index (χ0v) is 12.9. The molecule has 118 valence electrons. The fourth-order valence-corrected chi connectivity index (χ4v) is 3.74. The van der Waals surface area contributed by atoms with Gasteiger partial charge in [0, 0.05) is 23.4 Å². The molecule has 1 aliphatic rings. The van der Waals surface area contributed by atoms with Crippen molar-refractivity contribution < 1.29 is 9.18 Å². The van der Waals surface area contributed by atoms with Gasteiger partial charge < -0.3 is 11.1 Å². The number of anilines is 2. The molecule has 6 nitrogen and oxygen atoms in total. The molecule has 2 atom stereocenters. The predicted molar refractivity (Wildman–Crippen MR) is 85.9 cm³/mol. The number of carbonyl (C=O) groups is 1. The maximum Gasteiger partial charge on any atom is 0.254 e. The van der Waals surface area contributed by atoms with Crippen LogP contribution in [0.1, 0.15) is 16.4 Å².